The van der Waals surface area contributed by atoms with E-state index in [1.807, 2.05) is 18.2 Å². The van der Waals surface area contributed by atoms with Gasteiger partial charge in [-0.1, -0.05) is 45.7 Å². The number of carboxylic acid groups (broad SMARTS) is 1. The van der Waals surface area contributed by atoms with Crippen LogP contribution in [-0.2, 0) is 16.0 Å². The maximum absolute atomic E-state index is 12.0. The Morgan fingerprint density at radius 2 is 2.05 bits per heavy atom. The SMILES string of the molecule is CN(CCC(=O)O)C(=O)C(Br)Cc1ccccc1Cl. The third-order valence-corrected chi connectivity index (χ3v) is 3.75. The van der Waals surface area contributed by atoms with Gasteiger partial charge in [0.25, 0.3) is 0 Å². The number of benzene rings is 1. The summed E-state index contributed by atoms with van der Waals surface area (Å²) in [7, 11) is 1.59. The highest BCUT2D eigenvalue weighted by molar-refractivity contribution is 9.10. The van der Waals surface area contributed by atoms with E-state index in [4.69, 9.17) is 16.7 Å². The molecule has 1 amide bonds. The second-order valence-electron chi connectivity index (χ2n) is 4.17. The Hall–Kier alpha value is -1.07. The van der Waals surface area contributed by atoms with E-state index in [1.54, 1.807) is 13.1 Å². The van der Waals surface area contributed by atoms with Crippen LogP contribution in [0.5, 0.6) is 0 Å². The lowest BCUT2D eigenvalue weighted by Crippen LogP contribution is -2.35. The highest BCUT2D eigenvalue weighted by Crippen LogP contribution is 2.20. The highest BCUT2D eigenvalue weighted by atomic mass is 79.9. The van der Waals surface area contributed by atoms with Gasteiger partial charge in [-0.25, -0.2) is 0 Å². The summed E-state index contributed by atoms with van der Waals surface area (Å²) in [5, 5.41) is 9.21. The highest BCUT2D eigenvalue weighted by Gasteiger charge is 2.20. The molecular formula is C13H15BrClNO3. The van der Waals surface area contributed by atoms with Crippen LogP contribution < -0.4 is 0 Å². The van der Waals surface area contributed by atoms with Crippen molar-refractivity contribution in [2.24, 2.45) is 0 Å². The number of alkyl halides is 1. The first-order valence-corrected chi connectivity index (χ1v) is 7.05. The molecule has 0 spiro atoms. The number of rotatable bonds is 6. The Balaban J connectivity index is 2.57. The first-order chi connectivity index (χ1) is 8.91. The minimum Gasteiger partial charge on any atom is -0.481 e. The monoisotopic (exact) mass is 347 g/mol. The summed E-state index contributed by atoms with van der Waals surface area (Å²) in [5.41, 5.74) is 0.881. The van der Waals surface area contributed by atoms with E-state index in [1.165, 1.54) is 4.90 Å². The van der Waals surface area contributed by atoms with Crippen LogP contribution in [0.1, 0.15) is 12.0 Å². The summed E-state index contributed by atoms with van der Waals surface area (Å²) in [5.74, 6) is -1.07. The van der Waals surface area contributed by atoms with Crippen molar-refractivity contribution in [1.29, 1.82) is 0 Å². The van der Waals surface area contributed by atoms with Gasteiger partial charge in [-0.3, -0.25) is 9.59 Å². The number of hydrogen-bond acceptors (Lipinski definition) is 2. The molecule has 104 valence electrons. The predicted octanol–water partition coefficient (Wildman–Crippen LogP) is 2.58. The molecule has 0 aromatic heterocycles. The zero-order chi connectivity index (χ0) is 14.4. The first-order valence-electron chi connectivity index (χ1n) is 5.76. The molecule has 0 saturated heterocycles. The maximum atomic E-state index is 12.0. The summed E-state index contributed by atoms with van der Waals surface area (Å²) in [6.45, 7) is 0.193. The van der Waals surface area contributed by atoms with E-state index in [-0.39, 0.29) is 18.9 Å². The normalized spacial score (nSPS) is 11.9. The number of hydrogen-bond donors (Lipinski definition) is 1. The molecule has 1 rings (SSSR count). The fraction of sp³-hybridized carbons (Fsp3) is 0.385. The van der Waals surface area contributed by atoms with Crippen LogP contribution in [0.4, 0.5) is 0 Å². The van der Waals surface area contributed by atoms with Crippen molar-refractivity contribution >= 4 is 39.4 Å². The number of nitrogens with zero attached hydrogens (tertiary/aromatic N) is 1. The average molecular weight is 349 g/mol. The standard InChI is InChI=1S/C13H15BrClNO3/c1-16(7-6-12(17)18)13(19)10(14)8-9-4-2-3-5-11(9)15/h2-5,10H,6-8H2,1H3,(H,17,18). The molecule has 0 aliphatic heterocycles. The minimum absolute atomic E-state index is 0.0615. The lowest BCUT2D eigenvalue weighted by molar-refractivity contribution is -0.138. The summed E-state index contributed by atoms with van der Waals surface area (Å²) < 4.78 is 0. The van der Waals surface area contributed by atoms with E-state index in [0.717, 1.165) is 5.56 Å². The Labute approximate surface area is 125 Å². The summed E-state index contributed by atoms with van der Waals surface area (Å²) in [4.78, 5) is 23.5. The number of carboxylic acids is 1. The van der Waals surface area contributed by atoms with Gasteiger partial charge in [-0.2, -0.15) is 0 Å². The van der Waals surface area contributed by atoms with Gasteiger partial charge < -0.3 is 10.0 Å². The predicted molar refractivity (Wildman–Crippen MR) is 77.8 cm³/mol. The van der Waals surface area contributed by atoms with E-state index in [9.17, 15) is 9.59 Å². The van der Waals surface area contributed by atoms with E-state index < -0.39 is 10.8 Å². The number of halogens is 2. The number of carbonyl (C=O) groups is 2. The molecule has 0 heterocycles. The molecule has 0 fully saturated rings. The molecule has 1 atom stereocenters. The van der Waals surface area contributed by atoms with Crippen LogP contribution in [0.15, 0.2) is 24.3 Å². The molecular weight excluding hydrogens is 334 g/mol. The Morgan fingerprint density at radius 1 is 1.42 bits per heavy atom. The third-order valence-electron chi connectivity index (χ3n) is 2.66. The van der Waals surface area contributed by atoms with Gasteiger partial charge in [0.2, 0.25) is 5.91 Å². The number of amides is 1. The van der Waals surface area contributed by atoms with Crippen molar-refractivity contribution in [1.82, 2.24) is 4.90 Å². The summed E-state index contributed by atoms with van der Waals surface area (Å²) in [6.07, 6.45) is 0.407. The average Bonchev–Trinajstić information content (AvgIpc) is 2.37. The van der Waals surface area contributed by atoms with Gasteiger partial charge in [0, 0.05) is 18.6 Å². The summed E-state index contributed by atoms with van der Waals surface area (Å²) in [6, 6.07) is 7.33. The van der Waals surface area contributed by atoms with Gasteiger partial charge in [0.15, 0.2) is 0 Å². The zero-order valence-corrected chi connectivity index (χ0v) is 12.8. The fourth-order valence-electron chi connectivity index (χ4n) is 1.56. The lowest BCUT2D eigenvalue weighted by Gasteiger charge is -2.20. The number of aliphatic carboxylic acids is 1. The van der Waals surface area contributed by atoms with Gasteiger partial charge >= 0.3 is 5.97 Å². The van der Waals surface area contributed by atoms with Crippen molar-refractivity contribution in [3.05, 3.63) is 34.9 Å². The Kier molecular flexibility index (Phi) is 6.31. The first kappa shape index (κ1) is 16.0. The molecule has 0 saturated carbocycles. The topological polar surface area (TPSA) is 57.6 Å². The maximum Gasteiger partial charge on any atom is 0.305 e. The third kappa shape index (κ3) is 5.20. The van der Waals surface area contributed by atoms with Crippen molar-refractivity contribution in [3.8, 4) is 0 Å². The molecule has 4 nitrogen and oxygen atoms in total. The van der Waals surface area contributed by atoms with Crippen molar-refractivity contribution in [3.63, 3.8) is 0 Å². The van der Waals surface area contributed by atoms with Crippen LogP contribution >= 0.6 is 27.5 Å². The van der Waals surface area contributed by atoms with E-state index >= 15 is 0 Å². The molecule has 1 N–H and O–H groups in total. The van der Waals surface area contributed by atoms with Crippen molar-refractivity contribution in [2.45, 2.75) is 17.7 Å². The molecule has 1 aromatic rings. The summed E-state index contributed by atoms with van der Waals surface area (Å²) >= 11 is 9.36. The molecule has 6 heteroatoms. The molecule has 1 aromatic carbocycles. The van der Waals surface area contributed by atoms with E-state index in [0.29, 0.717) is 11.4 Å². The smallest absolute Gasteiger partial charge is 0.305 e. The minimum atomic E-state index is -0.920. The zero-order valence-electron chi connectivity index (χ0n) is 10.5. The molecule has 0 radical (unpaired) electrons. The second kappa shape index (κ2) is 7.50. The van der Waals surface area contributed by atoms with Crippen LogP contribution in [-0.4, -0.2) is 40.3 Å². The van der Waals surface area contributed by atoms with Gasteiger partial charge in [-0.15, -0.1) is 0 Å². The molecule has 19 heavy (non-hydrogen) atoms. The van der Waals surface area contributed by atoms with Crippen LogP contribution in [0, 0.1) is 0 Å². The molecule has 0 bridgehead atoms. The quantitative estimate of drug-likeness (QED) is 0.804. The fourth-order valence-corrected chi connectivity index (χ4v) is 2.47. The van der Waals surface area contributed by atoms with Crippen molar-refractivity contribution < 1.29 is 14.7 Å². The molecule has 0 aliphatic carbocycles. The van der Waals surface area contributed by atoms with Crippen LogP contribution in [0.2, 0.25) is 5.02 Å². The molecule has 1 unspecified atom stereocenters. The van der Waals surface area contributed by atoms with Gasteiger partial charge in [0.1, 0.15) is 0 Å². The van der Waals surface area contributed by atoms with E-state index in [2.05, 4.69) is 15.9 Å². The van der Waals surface area contributed by atoms with Gasteiger partial charge in [-0.05, 0) is 18.1 Å². The molecule has 0 aliphatic rings. The van der Waals surface area contributed by atoms with Crippen molar-refractivity contribution in [2.75, 3.05) is 13.6 Å². The second-order valence-corrected chi connectivity index (χ2v) is 5.68. The van der Waals surface area contributed by atoms with Crippen LogP contribution in [0.25, 0.3) is 0 Å². The van der Waals surface area contributed by atoms with Gasteiger partial charge in [0.05, 0.1) is 11.2 Å². The Bertz CT molecular complexity index is 467. The number of carbonyl (C=O) groups excluding carboxylic acids is 1. The Morgan fingerprint density at radius 3 is 2.63 bits per heavy atom. The largest absolute Gasteiger partial charge is 0.481 e. The van der Waals surface area contributed by atoms with Crippen LogP contribution in [0.3, 0.4) is 0 Å². The lowest BCUT2D eigenvalue weighted by atomic mass is 10.1.